The van der Waals surface area contributed by atoms with Gasteiger partial charge in [0, 0.05) is 42.9 Å². The van der Waals surface area contributed by atoms with Gasteiger partial charge in [0.15, 0.2) is 11.5 Å². The zero-order valence-corrected chi connectivity index (χ0v) is 17.5. The van der Waals surface area contributed by atoms with Crippen LogP contribution in [-0.4, -0.2) is 31.8 Å². The van der Waals surface area contributed by atoms with Crippen molar-refractivity contribution in [3.05, 3.63) is 48.0 Å². The number of amides is 3. The van der Waals surface area contributed by atoms with Crippen molar-refractivity contribution in [2.45, 2.75) is 32.6 Å². The second-order valence-electron chi connectivity index (χ2n) is 8.77. The first-order valence-electron chi connectivity index (χ1n) is 10.1. The van der Waals surface area contributed by atoms with Crippen LogP contribution < -0.4 is 25.0 Å². The number of benzene rings is 2. The smallest absolute Gasteiger partial charge is 0.319 e. The Labute approximate surface area is 176 Å². The summed E-state index contributed by atoms with van der Waals surface area (Å²) in [6, 6.07) is 13.1. The Bertz CT molecular complexity index is 950. The lowest BCUT2D eigenvalue weighted by Gasteiger charge is -2.19. The van der Waals surface area contributed by atoms with E-state index in [-0.39, 0.29) is 30.1 Å². The third kappa shape index (κ3) is 4.35. The maximum absolute atomic E-state index is 12.5. The molecule has 0 bridgehead atoms. The third-order valence-electron chi connectivity index (χ3n) is 5.43. The molecule has 2 heterocycles. The fourth-order valence-electron chi connectivity index (χ4n) is 3.69. The summed E-state index contributed by atoms with van der Waals surface area (Å²) in [4.78, 5) is 26.5. The first kappa shape index (κ1) is 20.1. The van der Waals surface area contributed by atoms with E-state index in [0.29, 0.717) is 31.0 Å². The molecular formula is C23H27N3O4. The van der Waals surface area contributed by atoms with Crippen LogP contribution in [0.5, 0.6) is 11.5 Å². The Morgan fingerprint density at radius 1 is 1.10 bits per heavy atom. The number of carbonyl (C=O) groups excluding carboxylic acids is 2. The average molecular weight is 409 g/mol. The Morgan fingerprint density at radius 2 is 1.83 bits per heavy atom. The van der Waals surface area contributed by atoms with E-state index in [9.17, 15) is 9.59 Å². The lowest BCUT2D eigenvalue weighted by Crippen LogP contribution is -2.34. The molecule has 4 rings (SSSR count). The van der Waals surface area contributed by atoms with Crippen LogP contribution in [0, 0.1) is 5.92 Å². The Kier molecular flexibility index (Phi) is 5.28. The molecule has 0 saturated carbocycles. The molecule has 2 aliphatic heterocycles. The summed E-state index contributed by atoms with van der Waals surface area (Å²) in [6.07, 6.45) is 0.398. The Morgan fingerprint density at radius 3 is 2.57 bits per heavy atom. The molecule has 0 spiro atoms. The third-order valence-corrected chi connectivity index (χ3v) is 5.43. The number of nitrogens with zero attached hydrogens (tertiary/aromatic N) is 1. The Hall–Kier alpha value is -3.22. The van der Waals surface area contributed by atoms with Crippen molar-refractivity contribution in [1.82, 2.24) is 5.32 Å². The second-order valence-corrected chi connectivity index (χ2v) is 8.77. The highest BCUT2D eigenvalue weighted by Gasteiger charge is 2.31. The van der Waals surface area contributed by atoms with Crippen LogP contribution >= 0.6 is 0 Å². The number of urea groups is 1. The first-order valence-corrected chi connectivity index (χ1v) is 10.1. The van der Waals surface area contributed by atoms with Crippen LogP contribution in [0.4, 0.5) is 16.2 Å². The van der Waals surface area contributed by atoms with Gasteiger partial charge in [0.05, 0.1) is 0 Å². The molecule has 2 N–H and O–H groups in total. The molecule has 2 aliphatic rings. The van der Waals surface area contributed by atoms with Crippen LogP contribution in [0.1, 0.15) is 32.8 Å². The van der Waals surface area contributed by atoms with Crippen LogP contribution in [0.3, 0.4) is 0 Å². The van der Waals surface area contributed by atoms with Gasteiger partial charge < -0.3 is 25.0 Å². The second kappa shape index (κ2) is 7.89. The molecule has 7 nitrogen and oxygen atoms in total. The zero-order valence-electron chi connectivity index (χ0n) is 17.5. The topological polar surface area (TPSA) is 79.9 Å². The molecule has 0 aliphatic carbocycles. The van der Waals surface area contributed by atoms with E-state index in [2.05, 4.69) is 31.4 Å². The van der Waals surface area contributed by atoms with Crippen molar-refractivity contribution in [3.63, 3.8) is 0 Å². The summed E-state index contributed by atoms with van der Waals surface area (Å²) < 4.78 is 10.7. The van der Waals surface area contributed by atoms with Gasteiger partial charge in [0.2, 0.25) is 12.7 Å². The molecule has 7 heteroatoms. The van der Waals surface area contributed by atoms with Gasteiger partial charge in [-0.3, -0.25) is 4.79 Å². The fourth-order valence-corrected chi connectivity index (χ4v) is 3.69. The number of ether oxygens (including phenoxy) is 2. The molecule has 0 radical (unpaired) electrons. The summed E-state index contributed by atoms with van der Waals surface area (Å²) in [6.45, 7) is 7.64. The number of anilines is 2. The van der Waals surface area contributed by atoms with E-state index in [1.54, 1.807) is 4.90 Å². The van der Waals surface area contributed by atoms with Gasteiger partial charge in [-0.2, -0.15) is 0 Å². The molecule has 2 aromatic carbocycles. The van der Waals surface area contributed by atoms with Crippen LogP contribution in [0.15, 0.2) is 42.5 Å². The van der Waals surface area contributed by atoms with Crippen LogP contribution in [0.2, 0.25) is 0 Å². The minimum Gasteiger partial charge on any atom is -0.454 e. The molecule has 2 aromatic rings. The average Bonchev–Trinajstić information content (AvgIpc) is 3.31. The summed E-state index contributed by atoms with van der Waals surface area (Å²) in [5.41, 5.74) is 2.81. The highest BCUT2D eigenvalue weighted by atomic mass is 16.7. The number of nitrogens with one attached hydrogen (secondary N) is 2. The predicted molar refractivity (Wildman–Crippen MR) is 115 cm³/mol. The number of rotatable bonds is 4. The number of hydrogen-bond acceptors (Lipinski definition) is 4. The van der Waals surface area contributed by atoms with E-state index < -0.39 is 0 Å². The van der Waals surface area contributed by atoms with Crippen molar-refractivity contribution >= 4 is 23.3 Å². The molecule has 158 valence electrons. The lowest BCUT2D eigenvalue weighted by atomic mass is 9.87. The van der Waals surface area contributed by atoms with Gasteiger partial charge in [-0.1, -0.05) is 32.9 Å². The molecule has 30 heavy (non-hydrogen) atoms. The van der Waals surface area contributed by atoms with E-state index in [4.69, 9.17) is 9.47 Å². The van der Waals surface area contributed by atoms with Crippen molar-refractivity contribution < 1.29 is 19.1 Å². The van der Waals surface area contributed by atoms with Crippen molar-refractivity contribution in [2.24, 2.45) is 5.92 Å². The lowest BCUT2D eigenvalue weighted by molar-refractivity contribution is -0.117. The Balaban J connectivity index is 1.29. The van der Waals surface area contributed by atoms with Gasteiger partial charge in [-0.15, -0.1) is 0 Å². The van der Waals surface area contributed by atoms with Gasteiger partial charge in [0.1, 0.15) is 0 Å². The van der Waals surface area contributed by atoms with E-state index in [1.807, 2.05) is 42.5 Å². The minimum absolute atomic E-state index is 0.0406. The quantitative estimate of drug-likeness (QED) is 0.803. The molecule has 1 unspecified atom stereocenters. The number of hydrogen-bond donors (Lipinski definition) is 2. The largest absolute Gasteiger partial charge is 0.454 e. The van der Waals surface area contributed by atoms with Crippen molar-refractivity contribution in [2.75, 3.05) is 30.1 Å². The van der Waals surface area contributed by atoms with Gasteiger partial charge in [0.25, 0.3) is 0 Å². The summed E-state index contributed by atoms with van der Waals surface area (Å²) in [7, 11) is 0. The minimum atomic E-state index is -0.271. The van der Waals surface area contributed by atoms with Gasteiger partial charge in [-0.25, -0.2) is 4.79 Å². The van der Waals surface area contributed by atoms with Crippen LogP contribution in [-0.2, 0) is 10.2 Å². The first-order chi connectivity index (χ1) is 14.3. The fraction of sp³-hybridized carbons (Fsp3) is 0.391. The predicted octanol–water partition coefficient (Wildman–Crippen LogP) is 3.89. The highest BCUT2D eigenvalue weighted by Crippen LogP contribution is 2.37. The molecule has 0 aromatic heterocycles. The number of fused-ring (bicyclic) bond motifs is 1. The molecular weight excluding hydrogens is 382 g/mol. The molecule has 3 amide bonds. The van der Waals surface area contributed by atoms with Gasteiger partial charge >= 0.3 is 6.03 Å². The number of carbonyl (C=O) groups is 2. The normalized spacial score (nSPS) is 17.9. The van der Waals surface area contributed by atoms with Crippen LogP contribution in [0.25, 0.3) is 0 Å². The van der Waals surface area contributed by atoms with Gasteiger partial charge in [-0.05, 0) is 35.2 Å². The molecule has 1 atom stereocenters. The standard InChI is InChI=1S/C23H27N3O4/c1-23(2,3)16-4-6-17(7-5-16)25-22(28)24-12-15-10-21(27)26(13-15)18-8-9-19-20(11-18)30-14-29-19/h4-9,11,15H,10,12-14H2,1-3H3,(H2,24,25,28). The maximum atomic E-state index is 12.5. The van der Waals surface area contributed by atoms with Crippen molar-refractivity contribution in [1.29, 1.82) is 0 Å². The SMILES string of the molecule is CC(C)(C)c1ccc(NC(=O)NCC2CC(=O)N(c3ccc4c(c3)OCO4)C2)cc1. The summed E-state index contributed by atoms with van der Waals surface area (Å²) in [5, 5.41) is 5.73. The maximum Gasteiger partial charge on any atom is 0.319 e. The van der Waals surface area contributed by atoms with E-state index >= 15 is 0 Å². The highest BCUT2D eigenvalue weighted by molar-refractivity contribution is 5.96. The van der Waals surface area contributed by atoms with E-state index in [0.717, 1.165) is 11.4 Å². The van der Waals surface area contributed by atoms with E-state index in [1.165, 1.54) is 5.56 Å². The van der Waals surface area contributed by atoms with Crippen molar-refractivity contribution in [3.8, 4) is 11.5 Å². The summed E-state index contributed by atoms with van der Waals surface area (Å²) in [5.74, 6) is 1.44. The molecule has 1 saturated heterocycles. The molecule has 1 fully saturated rings. The summed E-state index contributed by atoms with van der Waals surface area (Å²) >= 11 is 0. The monoisotopic (exact) mass is 409 g/mol. The zero-order chi connectivity index (χ0) is 21.3.